The Bertz CT molecular complexity index is 1410. The largest absolute Gasteiger partial charge is 0.497 e. The Hall–Kier alpha value is -3.62. The molecule has 180 valence electrons. The molecule has 0 spiro atoms. The topological polar surface area (TPSA) is 75.7 Å². The summed E-state index contributed by atoms with van der Waals surface area (Å²) in [5.74, 6) is 0.280. The zero-order valence-corrected chi connectivity index (χ0v) is 21.3. The summed E-state index contributed by atoms with van der Waals surface area (Å²) in [6, 6.07) is 23.8. The molecule has 0 fully saturated rings. The van der Waals surface area contributed by atoms with Crippen molar-refractivity contribution in [2.75, 3.05) is 18.5 Å². The van der Waals surface area contributed by atoms with E-state index < -0.39 is 15.9 Å². The maximum Gasteiger partial charge on any atom is 0.266 e. The van der Waals surface area contributed by atoms with Crippen LogP contribution in [0, 0.1) is 6.92 Å². The molecule has 0 saturated carbocycles. The fraction of sp³-hybridized carbons (Fsp3) is 0.148. The molecule has 4 rings (SSSR count). The fourth-order valence-electron chi connectivity index (χ4n) is 3.61. The van der Waals surface area contributed by atoms with Crippen molar-refractivity contribution < 1.29 is 17.9 Å². The van der Waals surface area contributed by atoms with Crippen LogP contribution in [-0.4, -0.2) is 28.5 Å². The minimum atomic E-state index is -4.04. The molecule has 0 saturated heterocycles. The van der Waals surface area contributed by atoms with Gasteiger partial charge in [0.1, 0.15) is 15.5 Å². The number of hydrogen-bond acceptors (Lipinski definition) is 5. The SMILES string of the molecule is COc1ccc(CNC(=O)c2scc(-c3ccccc3)c2S(=O)(=O)N(C)c2ccc(C)cc2)cc1. The molecule has 1 amide bonds. The molecule has 0 aliphatic carbocycles. The lowest BCUT2D eigenvalue weighted by Gasteiger charge is -2.21. The van der Waals surface area contributed by atoms with E-state index in [4.69, 9.17) is 4.74 Å². The van der Waals surface area contributed by atoms with E-state index in [9.17, 15) is 13.2 Å². The third-order valence-electron chi connectivity index (χ3n) is 5.66. The molecule has 0 aliphatic heterocycles. The number of thiophene rings is 1. The number of aryl methyl sites for hydroxylation is 1. The predicted octanol–water partition coefficient (Wildman–Crippen LogP) is 5.49. The molecular formula is C27H26N2O4S2. The predicted molar refractivity (Wildman–Crippen MR) is 141 cm³/mol. The molecule has 1 aromatic heterocycles. The number of methoxy groups -OCH3 is 1. The number of carbonyl (C=O) groups excluding carboxylic acids is 1. The van der Waals surface area contributed by atoms with E-state index in [-0.39, 0.29) is 16.3 Å². The first-order chi connectivity index (χ1) is 16.8. The molecule has 3 aromatic carbocycles. The number of ether oxygens (including phenoxy) is 1. The number of hydrogen-bond donors (Lipinski definition) is 1. The summed E-state index contributed by atoms with van der Waals surface area (Å²) in [5.41, 5.74) is 3.65. The first-order valence-corrected chi connectivity index (χ1v) is 13.3. The first kappa shape index (κ1) is 24.5. The number of nitrogens with zero attached hydrogens (tertiary/aromatic N) is 1. The highest BCUT2D eigenvalue weighted by Crippen LogP contribution is 2.38. The molecule has 0 aliphatic rings. The summed E-state index contributed by atoms with van der Waals surface area (Å²) >= 11 is 1.12. The number of rotatable bonds is 8. The number of carbonyl (C=O) groups is 1. The molecule has 6 nitrogen and oxygen atoms in total. The van der Waals surface area contributed by atoms with Gasteiger partial charge in [-0.25, -0.2) is 8.42 Å². The van der Waals surface area contributed by atoms with Crippen LogP contribution in [-0.2, 0) is 16.6 Å². The van der Waals surface area contributed by atoms with E-state index in [1.807, 2.05) is 73.7 Å². The second-order valence-electron chi connectivity index (χ2n) is 8.01. The van der Waals surface area contributed by atoms with Gasteiger partial charge in [0.2, 0.25) is 0 Å². The van der Waals surface area contributed by atoms with Crippen LogP contribution in [0.1, 0.15) is 20.8 Å². The first-order valence-electron chi connectivity index (χ1n) is 10.9. The summed E-state index contributed by atoms with van der Waals surface area (Å²) in [4.78, 5) is 13.4. The van der Waals surface area contributed by atoms with Crippen LogP contribution in [0.2, 0.25) is 0 Å². The van der Waals surface area contributed by atoms with Crippen molar-refractivity contribution in [2.24, 2.45) is 0 Å². The molecule has 0 unspecified atom stereocenters. The zero-order chi connectivity index (χ0) is 25.0. The number of anilines is 1. The Kier molecular flexibility index (Phi) is 7.23. The quantitative estimate of drug-likeness (QED) is 0.343. The van der Waals surface area contributed by atoms with Crippen molar-refractivity contribution in [3.8, 4) is 16.9 Å². The lowest BCUT2D eigenvalue weighted by Crippen LogP contribution is -2.30. The Balaban J connectivity index is 1.71. The Morgan fingerprint density at radius 1 is 0.971 bits per heavy atom. The van der Waals surface area contributed by atoms with Crippen LogP contribution in [0.5, 0.6) is 5.75 Å². The molecule has 0 radical (unpaired) electrons. The van der Waals surface area contributed by atoms with Crippen molar-refractivity contribution in [3.63, 3.8) is 0 Å². The highest BCUT2D eigenvalue weighted by molar-refractivity contribution is 7.93. The van der Waals surface area contributed by atoms with Crippen LogP contribution in [0.25, 0.3) is 11.1 Å². The van der Waals surface area contributed by atoms with Crippen molar-refractivity contribution in [1.82, 2.24) is 5.32 Å². The molecule has 1 heterocycles. The number of amides is 1. The molecule has 0 bridgehead atoms. The molecular weight excluding hydrogens is 480 g/mol. The standard InChI is InChI=1S/C27H26N2O4S2/c1-19-9-13-22(14-10-19)29(2)35(31,32)26-24(21-7-5-4-6-8-21)18-34-25(26)27(30)28-17-20-11-15-23(33-3)16-12-20/h4-16,18H,17H2,1-3H3,(H,28,30). The van der Waals surface area contributed by atoms with Crippen LogP contribution < -0.4 is 14.4 Å². The van der Waals surface area contributed by atoms with Crippen LogP contribution >= 0.6 is 11.3 Å². The highest BCUT2D eigenvalue weighted by atomic mass is 32.2. The van der Waals surface area contributed by atoms with Gasteiger partial charge >= 0.3 is 0 Å². The molecule has 1 N–H and O–H groups in total. The third kappa shape index (κ3) is 5.23. The third-order valence-corrected chi connectivity index (χ3v) is 8.64. The lowest BCUT2D eigenvalue weighted by molar-refractivity contribution is 0.0952. The summed E-state index contributed by atoms with van der Waals surface area (Å²) in [5, 5.41) is 4.59. The maximum absolute atomic E-state index is 13.9. The van der Waals surface area contributed by atoms with E-state index >= 15 is 0 Å². The van der Waals surface area contributed by atoms with Gasteiger partial charge in [-0.1, -0.05) is 60.2 Å². The summed E-state index contributed by atoms with van der Waals surface area (Å²) in [6.45, 7) is 2.20. The van der Waals surface area contributed by atoms with Crippen LogP contribution in [0.15, 0.2) is 89.1 Å². The van der Waals surface area contributed by atoms with Gasteiger partial charge in [-0.3, -0.25) is 9.10 Å². The second kappa shape index (κ2) is 10.3. The van der Waals surface area contributed by atoms with E-state index in [0.29, 0.717) is 11.3 Å². The summed E-state index contributed by atoms with van der Waals surface area (Å²) in [7, 11) is -0.945. The van der Waals surface area contributed by atoms with Gasteiger partial charge in [-0.15, -0.1) is 11.3 Å². The number of benzene rings is 3. The normalized spacial score (nSPS) is 11.2. The van der Waals surface area contributed by atoms with Crippen molar-refractivity contribution in [1.29, 1.82) is 0 Å². The fourth-order valence-corrected chi connectivity index (χ4v) is 6.49. The minimum absolute atomic E-state index is 0.00371. The molecule has 4 aromatic rings. The monoisotopic (exact) mass is 506 g/mol. The van der Waals surface area contributed by atoms with E-state index in [2.05, 4.69) is 5.32 Å². The average molecular weight is 507 g/mol. The average Bonchev–Trinajstić information content (AvgIpc) is 3.34. The zero-order valence-electron chi connectivity index (χ0n) is 19.7. The van der Waals surface area contributed by atoms with E-state index in [1.165, 1.54) is 11.4 Å². The van der Waals surface area contributed by atoms with Gasteiger partial charge in [-0.2, -0.15) is 0 Å². The van der Waals surface area contributed by atoms with Crippen molar-refractivity contribution >= 4 is 33.0 Å². The summed E-state index contributed by atoms with van der Waals surface area (Å²) < 4.78 is 34.2. The number of sulfonamides is 1. The summed E-state index contributed by atoms with van der Waals surface area (Å²) in [6.07, 6.45) is 0. The van der Waals surface area contributed by atoms with Gasteiger partial charge in [-0.05, 0) is 42.3 Å². The van der Waals surface area contributed by atoms with Gasteiger partial charge < -0.3 is 10.1 Å². The van der Waals surface area contributed by atoms with Crippen molar-refractivity contribution in [3.05, 3.63) is 100 Å². The van der Waals surface area contributed by atoms with Crippen LogP contribution in [0.4, 0.5) is 5.69 Å². The molecule has 0 atom stereocenters. The lowest BCUT2D eigenvalue weighted by atomic mass is 10.1. The van der Waals surface area contributed by atoms with E-state index in [1.54, 1.807) is 24.6 Å². The van der Waals surface area contributed by atoms with Gasteiger partial charge in [0.25, 0.3) is 15.9 Å². The van der Waals surface area contributed by atoms with Crippen LogP contribution in [0.3, 0.4) is 0 Å². The maximum atomic E-state index is 13.9. The van der Waals surface area contributed by atoms with E-state index in [0.717, 1.165) is 33.8 Å². The number of nitrogens with one attached hydrogen (secondary N) is 1. The van der Waals surface area contributed by atoms with Crippen molar-refractivity contribution in [2.45, 2.75) is 18.4 Å². The minimum Gasteiger partial charge on any atom is -0.497 e. The van der Waals surface area contributed by atoms with Gasteiger partial charge in [0.15, 0.2) is 0 Å². The smallest absolute Gasteiger partial charge is 0.266 e. The Morgan fingerprint density at radius 2 is 1.63 bits per heavy atom. The van der Waals surface area contributed by atoms with Gasteiger partial charge in [0.05, 0.1) is 12.8 Å². The highest BCUT2D eigenvalue weighted by Gasteiger charge is 2.32. The second-order valence-corrected chi connectivity index (χ2v) is 10.8. The molecule has 8 heteroatoms. The Labute approximate surface area is 209 Å². The molecule has 35 heavy (non-hydrogen) atoms. The Morgan fingerprint density at radius 3 is 2.26 bits per heavy atom. The van der Waals surface area contributed by atoms with Gasteiger partial charge in [0, 0.05) is 24.5 Å².